The van der Waals surface area contributed by atoms with Crippen LogP contribution in [0.5, 0.6) is 0 Å². The molecule has 0 amide bonds. The summed E-state index contributed by atoms with van der Waals surface area (Å²) < 4.78 is 0. The number of rotatable bonds is 3. The molecule has 2 aromatic rings. The molecular weight excluding hydrogens is 258 g/mol. The summed E-state index contributed by atoms with van der Waals surface area (Å²) >= 11 is 0. The first-order valence-corrected chi connectivity index (χ1v) is 7.09. The van der Waals surface area contributed by atoms with Gasteiger partial charge in [0.05, 0.1) is 0 Å². The fraction of sp³-hybridized carbons (Fsp3) is 0.167. The summed E-state index contributed by atoms with van der Waals surface area (Å²) in [6.45, 7) is 1.92. The standard InChI is InChI=1S/C18H17N3/c1-14-19-17(13-15-9-5-2-3-6-10-15)21-18(20-14)16-11-7-4-8-12-16/h2-9,11-12H,10,13H2,1H3. The number of allylic oxidation sites excluding steroid dienone is 6. The number of aryl methyl sites for hydroxylation is 1. The third kappa shape index (κ3) is 3.51. The van der Waals surface area contributed by atoms with Crippen molar-refractivity contribution in [2.45, 2.75) is 19.8 Å². The van der Waals surface area contributed by atoms with Crippen LogP contribution in [-0.2, 0) is 6.42 Å². The number of benzene rings is 1. The normalized spacial score (nSPS) is 13.9. The molecule has 3 nitrogen and oxygen atoms in total. The Hall–Kier alpha value is -2.55. The maximum atomic E-state index is 4.62. The Morgan fingerprint density at radius 1 is 0.952 bits per heavy atom. The zero-order valence-electron chi connectivity index (χ0n) is 12.0. The van der Waals surface area contributed by atoms with E-state index in [0.29, 0.717) is 0 Å². The summed E-state index contributed by atoms with van der Waals surface area (Å²) in [4.78, 5) is 13.5. The van der Waals surface area contributed by atoms with Gasteiger partial charge in [0, 0.05) is 12.0 Å². The molecule has 104 valence electrons. The van der Waals surface area contributed by atoms with Gasteiger partial charge in [-0.25, -0.2) is 15.0 Å². The van der Waals surface area contributed by atoms with Gasteiger partial charge in [-0.3, -0.25) is 0 Å². The molecule has 0 unspecified atom stereocenters. The number of nitrogens with zero attached hydrogens (tertiary/aromatic N) is 3. The van der Waals surface area contributed by atoms with Crippen molar-refractivity contribution in [1.82, 2.24) is 15.0 Å². The van der Waals surface area contributed by atoms with Crippen LogP contribution in [0, 0.1) is 6.92 Å². The topological polar surface area (TPSA) is 38.7 Å². The van der Waals surface area contributed by atoms with E-state index in [1.54, 1.807) is 0 Å². The summed E-state index contributed by atoms with van der Waals surface area (Å²) in [5.74, 6) is 2.34. The smallest absolute Gasteiger partial charge is 0.163 e. The maximum absolute atomic E-state index is 4.62. The third-order valence-electron chi connectivity index (χ3n) is 3.28. The highest BCUT2D eigenvalue weighted by molar-refractivity contribution is 5.54. The van der Waals surface area contributed by atoms with E-state index in [9.17, 15) is 0 Å². The molecule has 1 aliphatic rings. The minimum atomic E-state index is 0.749. The van der Waals surface area contributed by atoms with Gasteiger partial charge >= 0.3 is 0 Å². The molecule has 0 N–H and O–H groups in total. The zero-order chi connectivity index (χ0) is 14.5. The molecule has 0 atom stereocenters. The van der Waals surface area contributed by atoms with E-state index in [0.717, 1.165) is 35.9 Å². The Labute approximate surface area is 124 Å². The van der Waals surface area contributed by atoms with Crippen LogP contribution in [0.15, 0.2) is 66.3 Å². The van der Waals surface area contributed by atoms with Crippen LogP contribution in [0.3, 0.4) is 0 Å². The van der Waals surface area contributed by atoms with Gasteiger partial charge in [0.1, 0.15) is 11.6 Å². The first-order valence-electron chi connectivity index (χ1n) is 7.09. The lowest BCUT2D eigenvalue weighted by atomic mass is 10.1. The molecule has 0 bridgehead atoms. The fourth-order valence-electron chi connectivity index (χ4n) is 2.29. The van der Waals surface area contributed by atoms with Gasteiger partial charge < -0.3 is 0 Å². The molecule has 1 heterocycles. The van der Waals surface area contributed by atoms with Crippen molar-refractivity contribution in [1.29, 1.82) is 0 Å². The van der Waals surface area contributed by atoms with E-state index in [1.807, 2.05) is 43.3 Å². The highest BCUT2D eigenvalue weighted by Crippen LogP contribution is 2.17. The largest absolute Gasteiger partial charge is 0.218 e. The SMILES string of the molecule is Cc1nc(CC2=CC=CC=CC2)nc(-c2ccccc2)n1. The van der Waals surface area contributed by atoms with E-state index in [-0.39, 0.29) is 0 Å². The van der Waals surface area contributed by atoms with Crippen molar-refractivity contribution >= 4 is 0 Å². The van der Waals surface area contributed by atoms with Gasteiger partial charge in [-0.1, -0.05) is 66.3 Å². The summed E-state index contributed by atoms with van der Waals surface area (Å²) in [6, 6.07) is 10.0. The van der Waals surface area contributed by atoms with Crippen LogP contribution in [0.2, 0.25) is 0 Å². The lowest BCUT2D eigenvalue weighted by Gasteiger charge is -2.07. The highest BCUT2D eigenvalue weighted by atomic mass is 15.0. The van der Waals surface area contributed by atoms with Gasteiger partial charge in [-0.15, -0.1) is 0 Å². The van der Waals surface area contributed by atoms with Gasteiger partial charge in [-0.2, -0.15) is 0 Å². The number of aromatic nitrogens is 3. The Morgan fingerprint density at radius 2 is 1.81 bits per heavy atom. The quantitative estimate of drug-likeness (QED) is 0.854. The summed E-state index contributed by atoms with van der Waals surface area (Å²) in [5, 5.41) is 0. The lowest BCUT2D eigenvalue weighted by molar-refractivity contribution is 0.868. The second-order valence-corrected chi connectivity index (χ2v) is 5.01. The molecule has 0 spiro atoms. The summed E-state index contributed by atoms with van der Waals surface area (Å²) in [6.07, 6.45) is 12.2. The number of hydrogen-bond donors (Lipinski definition) is 0. The van der Waals surface area contributed by atoms with Crippen molar-refractivity contribution in [2.24, 2.45) is 0 Å². The van der Waals surface area contributed by atoms with Gasteiger partial charge in [0.25, 0.3) is 0 Å². The van der Waals surface area contributed by atoms with Crippen LogP contribution < -0.4 is 0 Å². The molecule has 0 saturated carbocycles. The first-order chi connectivity index (χ1) is 10.3. The van der Waals surface area contributed by atoms with E-state index in [2.05, 4.69) is 39.3 Å². The summed E-state index contributed by atoms with van der Waals surface area (Å²) in [7, 11) is 0. The lowest BCUT2D eigenvalue weighted by Crippen LogP contribution is -2.04. The van der Waals surface area contributed by atoms with Crippen molar-refractivity contribution in [3.05, 3.63) is 77.9 Å². The second kappa shape index (κ2) is 6.27. The minimum Gasteiger partial charge on any atom is -0.218 e. The third-order valence-corrected chi connectivity index (χ3v) is 3.28. The van der Waals surface area contributed by atoms with Gasteiger partial charge in [0.15, 0.2) is 5.82 Å². The maximum Gasteiger partial charge on any atom is 0.163 e. The molecule has 0 fully saturated rings. The second-order valence-electron chi connectivity index (χ2n) is 5.01. The Balaban J connectivity index is 1.90. The van der Waals surface area contributed by atoms with Crippen LogP contribution in [0.4, 0.5) is 0 Å². The van der Waals surface area contributed by atoms with Crippen LogP contribution in [0.1, 0.15) is 18.1 Å². The zero-order valence-corrected chi connectivity index (χ0v) is 12.0. The molecule has 3 rings (SSSR count). The van der Waals surface area contributed by atoms with Crippen LogP contribution in [-0.4, -0.2) is 15.0 Å². The average Bonchev–Trinajstić information content (AvgIpc) is 2.76. The predicted octanol–water partition coefficient (Wildman–Crippen LogP) is 3.83. The summed E-state index contributed by atoms with van der Waals surface area (Å²) in [5.41, 5.74) is 2.34. The van der Waals surface area contributed by atoms with Crippen LogP contribution in [0.25, 0.3) is 11.4 Å². The molecule has 0 radical (unpaired) electrons. The van der Waals surface area contributed by atoms with E-state index in [1.165, 1.54) is 5.57 Å². The molecule has 1 aromatic carbocycles. The molecule has 3 heteroatoms. The van der Waals surface area contributed by atoms with Crippen molar-refractivity contribution in [2.75, 3.05) is 0 Å². The average molecular weight is 275 g/mol. The molecule has 0 aliphatic heterocycles. The molecule has 1 aliphatic carbocycles. The van der Waals surface area contributed by atoms with Crippen molar-refractivity contribution < 1.29 is 0 Å². The van der Waals surface area contributed by atoms with Crippen LogP contribution >= 0.6 is 0 Å². The molecule has 0 saturated heterocycles. The molecule has 1 aromatic heterocycles. The van der Waals surface area contributed by atoms with E-state index in [4.69, 9.17) is 0 Å². The molecular formula is C18H17N3. The van der Waals surface area contributed by atoms with Gasteiger partial charge in [0.2, 0.25) is 0 Å². The highest BCUT2D eigenvalue weighted by Gasteiger charge is 2.08. The Morgan fingerprint density at radius 3 is 2.67 bits per heavy atom. The van der Waals surface area contributed by atoms with E-state index < -0.39 is 0 Å². The van der Waals surface area contributed by atoms with E-state index >= 15 is 0 Å². The Kier molecular flexibility index (Phi) is 4.01. The Bertz CT molecular complexity index is 712. The monoisotopic (exact) mass is 275 g/mol. The predicted molar refractivity (Wildman–Crippen MR) is 84.7 cm³/mol. The fourth-order valence-corrected chi connectivity index (χ4v) is 2.29. The molecule has 21 heavy (non-hydrogen) atoms. The minimum absolute atomic E-state index is 0.749. The van der Waals surface area contributed by atoms with Gasteiger partial charge in [-0.05, 0) is 13.3 Å². The van der Waals surface area contributed by atoms with Crippen molar-refractivity contribution in [3.8, 4) is 11.4 Å². The number of hydrogen-bond acceptors (Lipinski definition) is 3. The first kappa shape index (κ1) is 13.4. The van der Waals surface area contributed by atoms with Crippen molar-refractivity contribution in [3.63, 3.8) is 0 Å².